The van der Waals surface area contributed by atoms with Crippen LogP contribution in [0.5, 0.6) is 11.8 Å². The lowest BCUT2D eigenvalue weighted by Crippen LogP contribution is -2.46. The summed E-state index contributed by atoms with van der Waals surface area (Å²) in [6.45, 7) is 0.884. The van der Waals surface area contributed by atoms with Gasteiger partial charge in [0.15, 0.2) is 0 Å². The van der Waals surface area contributed by atoms with E-state index >= 15 is 0 Å². The summed E-state index contributed by atoms with van der Waals surface area (Å²) in [6, 6.07) is 11.9. The van der Waals surface area contributed by atoms with Crippen LogP contribution < -0.4 is 9.47 Å². The molecular weight excluding hydrogens is 348 g/mol. The minimum atomic E-state index is -0.981. The highest BCUT2D eigenvalue weighted by Gasteiger charge is 2.39. The smallest absolute Gasteiger partial charge is 0.325 e. The summed E-state index contributed by atoms with van der Waals surface area (Å²) < 4.78 is 10.4. The van der Waals surface area contributed by atoms with Crippen molar-refractivity contribution >= 4 is 5.97 Å². The van der Waals surface area contributed by atoms with Gasteiger partial charge in [-0.2, -0.15) is 4.98 Å². The monoisotopic (exact) mass is 372 g/mol. The molecule has 0 saturated carbocycles. The molecular formula is C20H24N2O5. The normalized spacial score (nSPS) is 17.9. The van der Waals surface area contributed by atoms with Gasteiger partial charge >= 0.3 is 5.97 Å². The van der Waals surface area contributed by atoms with Crippen molar-refractivity contribution in [3.63, 3.8) is 0 Å². The van der Waals surface area contributed by atoms with Crippen LogP contribution >= 0.6 is 0 Å². The number of hydrogen-bond acceptors (Lipinski definition) is 6. The number of methoxy groups -OCH3 is 2. The van der Waals surface area contributed by atoms with E-state index in [1.807, 2.05) is 35.2 Å². The van der Waals surface area contributed by atoms with Gasteiger partial charge < -0.3 is 19.7 Å². The Bertz CT molecular complexity index is 788. The highest BCUT2D eigenvalue weighted by Crippen LogP contribution is 2.37. The number of ether oxygens (including phenoxy) is 2. The predicted molar refractivity (Wildman–Crippen MR) is 98.9 cm³/mol. The Morgan fingerprint density at radius 2 is 1.78 bits per heavy atom. The number of piperidine rings is 1. The number of rotatable bonds is 6. The molecule has 144 valence electrons. The molecule has 1 atom stereocenters. The molecule has 1 fully saturated rings. The molecule has 0 amide bonds. The minimum Gasteiger partial charge on any atom is -0.481 e. The third-order valence-electron chi connectivity index (χ3n) is 5.10. The Hall–Kier alpha value is -2.64. The highest BCUT2D eigenvalue weighted by molar-refractivity contribution is 5.76. The summed E-state index contributed by atoms with van der Waals surface area (Å²) in [7, 11) is 2.94. The zero-order valence-corrected chi connectivity index (χ0v) is 15.5. The largest absolute Gasteiger partial charge is 0.481 e. The van der Waals surface area contributed by atoms with E-state index in [1.54, 1.807) is 12.1 Å². The first-order valence-electron chi connectivity index (χ1n) is 8.82. The second-order valence-corrected chi connectivity index (χ2v) is 6.63. The molecule has 7 nitrogen and oxygen atoms in total. The number of aliphatic hydroxyl groups is 1. The van der Waals surface area contributed by atoms with Crippen molar-refractivity contribution in [3.05, 3.63) is 53.6 Å². The van der Waals surface area contributed by atoms with Crippen LogP contribution in [0, 0.1) is 0 Å². The van der Waals surface area contributed by atoms with Gasteiger partial charge in [-0.25, -0.2) is 0 Å². The summed E-state index contributed by atoms with van der Waals surface area (Å²) in [5, 5.41) is 20.8. The number of carboxylic acid groups (broad SMARTS) is 1. The van der Waals surface area contributed by atoms with Crippen LogP contribution in [0.2, 0.25) is 0 Å². The number of pyridine rings is 1. The molecule has 2 N–H and O–H groups in total. The molecule has 1 saturated heterocycles. The minimum absolute atomic E-state index is 0.227. The van der Waals surface area contributed by atoms with Crippen molar-refractivity contribution in [2.24, 2.45) is 0 Å². The van der Waals surface area contributed by atoms with Gasteiger partial charge in [0, 0.05) is 24.7 Å². The van der Waals surface area contributed by atoms with Crippen LogP contribution in [-0.4, -0.2) is 53.4 Å². The van der Waals surface area contributed by atoms with E-state index < -0.39 is 17.6 Å². The Morgan fingerprint density at radius 3 is 2.33 bits per heavy atom. The second-order valence-electron chi connectivity index (χ2n) is 6.63. The van der Waals surface area contributed by atoms with Crippen molar-refractivity contribution in [2.75, 3.05) is 27.3 Å². The van der Waals surface area contributed by atoms with Crippen LogP contribution in [0.25, 0.3) is 0 Å². The van der Waals surface area contributed by atoms with Gasteiger partial charge in [0.25, 0.3) is 0 Å². The summed E-state index contributed by atoms with van der Waals surface area (Å²) in [5.41, 5.74) is 0.388. The van der Waals surface area contributed by atoms with E-state index in [-0.39, 0.29) is 5.88 Å². The Kier molecular flexibility index (Phi) is 5.62. The second kappa shape index (κ2) is 7.94. The van der Waals surface area contributed by atoms with Gasteiger partial charge in [0.2, 0.25) is 11.8 Å². The number of carboxylic acids is 1. The van der Waals surface area contributed by atoms with E-state index in [0.29, 0.717) is 37.4 Å². The Morgan fingerprint density at radius 1 is 1.11 bits per heavy atom. The first-order chi connectivity index (χ1) is 13.0. The average Bonchev–Trinajstić information content (AvgIpc) is 2.70. The van der Waals surface area contributed by atoms with Crippen molar-refractivity contribution in [1.82, 2.24) is 9.88 Å². The van der Waals surface area contributed by atoms with E-state index in [1.165, 1.54) is 14.2 Å². The zero-order chi connectivity index (χ0) is 19.4. The average molecular weight is 372 g/mol. The van der Waals surface area contributed by atoms with Gasteiger partial charge in [-0.1, -0.05) is 30.3 Å². The molecule has 27 heavy (non-hydrogen) atoms. The van der Waals surface area contributed by atoms with Crippen molar-refractivity contribution < 1.29 is 24.5 Å². The summed E-state index contributed by atoms with van der Waals surface area (Å²) in [6.07, 6.45) is 0.902. The number of aromatic nitrogens is 1. The van der Waals surface area contributed by atoms with E-state index in [9.17, 15) is 15.0 Å². The summed E-state index contributed by atoms with van der Waals surface area (Å²) >= 11 is 0. The maximum atomic E-state index is 12.0. The number of carbonyl (C=O) groups is 1. The first kappa shape index (κ1) is 19.1. The first-order valence-corrected chi connectivity index (χ1v) is 8.82. The zero-order valence-electron chi connectivity index (χ0n) is 15.5. The fourth-order valence-electron chi connectivity index (χ4n) is 3.59. The molecule has 2 heterocycles. The van der Waals surface area contributed by atoms with Crippen LogP contribution in [0.1, 0.15) is 30.0 Å². The number of likely N-dealkylation sites (tertiary alicyclic amines) is 1. The fraction of sp³-hybridized carbons (Fsp3) is 0.400. The maximum absolute atomic E-state index is 12.0. The van der Waals surface area contributed by atoms with Gasteiger partial charge in [0.1, 0.15) is 6.04 Å². The van der Waals surface area contributed by atoms with Gasteiger partial charge in [-0.05, 0) is 24.5 Å². The third kappa shape index (κ3) is 3.89. The predicted octanol–water partition coefficient (Wildman–Crippen LogP) is 2.21. The molecule has 7 heteroatoms. The molecule has 0 aliphatic carbocycles. The molecule has 0 spiro atoms. The molecule has 1 aromatic heterocycles. The van der Waals surface area contributed by atoms with Crippen molar-refractivity contribution in [3.8, 4) is 11.8 Å². The van der Waals surface area contributed by atoms with Crippen LogP contribution in [0.3, 0.4) is 0 Å². The van der Waals surface area contributed by atoms with Crippen molar-refractivity contribution in [2.45, 2.75) is 24.5 Å². The van der Waals surface area contributed by atoms with Crippen LogP contribution in [0.15, 0.2) is 42.5 Å². The molecule has 1 aliphatic rings. The van der Waals surface area contributed by atoms with Crippen molar-refractivity contribution in [1.29, 1.82) is 0 Å². The lowest BCUT2D eigenvalue weighted by atomic mass is 9.83. The standard InChI is InChI=1S/C20H24N2O5/c1-26-16-9-8-15(18(21-16)27-2)17(19(23)24)22-12-10-20(25,11-13-22)14-6-4-3-5-7-14/h3-9,17,25H,10-13H2,1-2H3,(H,23,24)/t17-/m1/s1. The third-order valence-corrected chi connectivity index (χ3v) is 5.10. The number of benzene rings is 1. The summed E-state index contributed by atoms with van der Waals surface area (Å²) in [5.74, 6) is -0.395. The highest BCUT2D eigenvalue weighted by atomic mass is 16.5. The molecule has 0 radical (unpaired) electrons. The fourth-order valence-corrected chi connectivity index (χ4v) is 3.59. The Labute approximate surface area is 158 Å². The van der Waals surface area contributed by atoms with E-state index in [4.69, 9.17) is 9.47 Å². The number of aliphatic carboxylic acids is 1. The molecule has 2 aromatic rings. The maximum Gasteiger partial charge on any atom is 0.325 e. The quantitative estimate of drug-likeness (QED) is 0.803. The Balaban J connectivity index is 1.83. The van der Waals surface area contributed by atoms with Crippen LogP contribution in [0.4, 0.5) is 0 Å². The van der Waals surface area contributed by atoms with Gasteiger partial charge in [0.05, 0.1) is 19.8 Å². The molecule has 1 aromatic carbocycles. The lowest BCUT2D eigenvalue weighted by Gasteiger charge is -2.40. The van der Waals surface area contributed by atoms with E-state index in [0.717, 1.165) is 5.56 Å². The molecule has 3 rings (SSSR count). The lowest BCUT2D eigenvalue weighted by molar-refractivity contribution is -0.146. The molecule has 1 aliphatic heterocycles. The van der Waals surface area contributed by atoms with Gasteiger partial charge in [-0.3, -0.25) is 9.69 Å². The van der Waals surface area contributed by atoms with Gasteiger partial charge in [-0.15, -0.1) is 0 Å². The van der Waals surface area contributed by atoms with Crippen LogP contribution in [-0.2, 0) is 10.4 Å². The molecule has 0 unspecified atom stereocenters. The summed E-state index contributed by atoms with van der Waals surface area (Å²) in [4.78, 5) is 18.1. The topological polar surface area (TPSA) is 92.1 Å². The number of nitrogens with zero attached hydrogens (tertiary/aromatic N) is 2. The SMILES string of the molecule is COc1ccc([C@H](C(=O)O)N2CCC(O)(c3ccccc3)CC2)c(OC)n1. The number of hydrogen-bond donors (Lipinski definition) is 2. The van der Waals surface area contributed by atoms with E-state index in [2.05, 4.69) is 4.98 Å². The molecule has 0 bridgehead atoms.